The van der Waals surface area contributed by atoms with Crippen molar-refractivity contribution in [3.05, 3.63) is 247 Å². The number of thiazole rings is 3. The maximum absolute atomic E-state index is 4.83. The molecule has 0 aromatic carbocycles. The van der Waals surface area contributed by atoms with Gasteiger partial charge in [0.25, 0.3) is 0 Å². The van der Waals surface area contributed by atoms with Gasteiger partial charge < -0.3 is 31.7 Å². The quantitative estimate of drug-likeness (QED) is 0.143. The third-order valence-corrected chi connectivity index (χ3v) is 11.3. The molecule has 13 aromatic rings. The number of nitrogens with zero attached hydrogens (tertiary/aromatic N) is 10. The number of nitrogens with one attached hydrogen (secondary N) is 2. The van der Waals surface area contributed by atoms with Crippen molar-refractivity contribution >= 4 is 56.9 Å². The van der Waals surface area contributed by atoms with Crippen molar-refractivity contribution in [3.8, 4) is 0 Å². The Morgan fingerprint density at radius 2 is 1.35 bits per heavy atom. The molecule has 416 valence electrons. The van der Waals surface area contributed by atoms with E-state index in [0.717, 1.165) is 51.0 Å². The first-order valence-electron chi connectivity index (χ1n) is 23.4. The van der Waals surface area contributed by atoms with Crippen LogP contribution in [0.2, 0.25) is 0 Å². The molecule has 0 spiro atoms. The highest BCUT2D eigenvalue weighted by atomic mass is 32.1. The van der Waals surface area contributed by atoms with E-state index < -0.39 is 0 Å². The SMILES string of the molecule is Cc1ccc[nH]1.Cc1ccco1.Cc1cccs1.Cc1ccn[nH]1.Cc1ccno1.Cc1ccns1.Cc1ccon1.Cc1cnco1.Cc1cncs1.Cc1cocn1.Cc1cscn1.Cc1ncco1.Cc1nccs1. The summed E-state index contributed by atoms with van der Waals surface area (Å²) in [6.45, 7) is 25.3. The monoisotopic (exact) mass is 1150 g/mol. The summed E-state index contributed by atoms with van der Waals surface area (Å²) in [6.07, 6.45) is 23.2. The van der Waals surface area contributed by atoms with E-state index in [1.54, 1.807) is 127 Å². The predicted molar refractivity (Wildman–Crippen MR) is 315 cm³/mol. The van der Waals surface area contributed by atoms with Gasteiger partial charge in [-0.3, -0.25) is 20.1 Å². The van der Waals surface area contributed by atoms with E-state index in [0.29, 0.717) is 0 Å². The van der Waals surface area contributed by atoms with Crippen molar-refractivity contribution in [2.24, 2.45) is 0 Å². The minimum absolute atomic E-state index is 0.718. The molecule has 2 N–H and O–H groups in total. The smallest absolute Gasteiger partial charge is 0.190 e. The van der Waals surface area contributed by atoms with Crippen LogP contribution in [0.15, 0.2) is 202 Å². The van der Waals surface area contributed by atoms with Crippen LogP contribution >= 0.6 is 56.9 Å². The van der Waals surface area contributed by atoms with E-state index in [1.165, 1.54) is 44.6 Å². The topological polar surface area (TPSA) is 239 Å². The lowest BCUT2D eigenvalue weighted by Crippen LogP contribution is -1.65. The highest BCUT2D eigenvalue weighted by Gasteiger charge is 1.83. The van der Waals surface area contributed by atoms with Gasteiger partial charge in [0.05, 0.1) is 52.3 Å². The number of hydrogen-bond acceptors (Lipinski definition) is 21. The van der Waals surface area contributed by atoms with Gasteiger partial charge in [-0.05, 0) is 142 Å². The molecule has 13 aromatic heterocycles. The van der Waals surface area contributed by atoms with Crippen molar-refractivity contribution in [1.82, 2.24) is 59.8 Å². The minimum atomic E-state index is 0.718. The van der Waals surface area contributed by atoms with Crippen LogP contribution in [0, 0.1) is 90.0 Å². The lowest BCUT2D eigenvalue weighted by Gasteiger charge is -1.70. The van der Waals surface area contributed by atoms with Crippen LogP contribution in [-0.2, 0) is 0 Å². The number of rotatable bonds is 0. The van der Waals surface area contributed by atoms with Crippen LogP contribution in [0.1, 0.15) is 71.3 Å². The van der Waals surface area contributed by atoms with Crippen molar-refractivity contribution in [1.29, 1.82) is 0 Å². The van der Waals surface area contributed by atoms with Gasteiger partial charge in [-0.2, -0.15) is 5.10 Å². The van der Waals surface area contributed by atoms with E-state index >= 15 is 0 Å². The van der Waals surface area contributed by atoms with Crippen LogP contribution in [0.25, 0.3) is 0 Å². The first-order chi connectivity index (χ1) is 37.6. The Bertz CT molecular complexity index is 2220. The Morgan fingerprint density at radius 1 is 0.513 bits per heavy atom. The molecule has 0 fully saturated rings. The van der Waals surface area contributed by atoms with Crippen LogP contribution in [0.3, 0.4) is 0 Å². The third-order valence-electron chi connectivity index (χ3n) is 7.76. The Morgan fingerprint density at radius 3 is 1.51 bits per heavy atom. The van der Waals surface area contributed by atoms with Gasteiger partial charge >= 0.3 is 0 Å². The number of thiophene rings is 1. The summed E-state index contributed by atoms with van der Waals surface area (Å²) >= 11 is 8.27. The molecule has 0 unspecified atom stereocenters. The van der Waals surface area contributed by atoms with E-state index in [4.69, 9.17) is 13.3 Å². The third kappa shape index (κ3) is 44.3. The molecule has 0 amide bonds. The normalized spacial score (nSPS) is 8.83. The lowest BCUT2D eigenvalue weighted by atomic mass is 10.5. The Hall–Kier alpha value is -7.96. The Kier molecular flexibility index (Phi) is 40.4. The molecule has 0 aliphatic carbocycles. The van der Waals surface area contributed by atoms with Crippen LogP contribution in [0.4, 0.5) is 0 Å². The second-order valence-corrected chi connectivity index (χ2v) is 20.1. The van der Waals surface area contributed by atoms with E-state index in [-0.39, 0.29) is 0 Å². The summed E-state index contributed by atoms with van der Waals surface area (Å²) in [5, 5.41) is 20.6. The average Bonchev–Trinajstić information content (AvgIpc) is 4.23. The van der Waals surface area contributed by atoms with Gasteiger partial charge in [-0.25, -0.2) is 19.3 Å². The van der Waals surface area contributed by atoms with E-state index in [1.807, 2.05) is 147 Å². The molecule has 0 saturated heterocycles. The summed E-state index contributed by atoms with van der Waals surface area (Å²) in [5.74, 6) is 3.40. The number of hydrogen-bond donors (Lipinski definition) is 2. The second kappa shape index (κ2) is 46.4. The summed E-state index contributed by atoms with van der Waals surface area (Å²) < 4.78 is 31.8. The Balaban J connectivity index is 0.000000422. The highest BCUT2D eigenvalue weighted by molar-refractivity contribution is 7.10. The average molecular weight is 1160 g/mol. The molecule has 0 aliphatic heterocycles. The fourth-order valence-electron chi connectivity index (χ4n) is 3.99. The predicted octanol–water partition coefficient (Wildman–Crippen LogP) is 16.4. The van der Waals surface area contributed by atoms with Crippen molar-refractivity contribution in [2.75, 3.05) is 0 Å². The molecule has 23 heteroatoms. The largest absolute Gasteiger partial charge is 0.470 e. The van der Waals surface area contributed by atoms with Crippen molar-refractivity contribution in [2.45, 2.75) is 90.0 Å². The molecule has 13 heterocycles. The highest BCUT2D eigenvalue weighted by Crippen LogP contribution is 2.04. The number of furan rings is 1. The van der Waals surface area contributed by atoms with Gasteiger partial charge in [0.1, 0.15) is 36.1 Å². The summed E-state index contributed by atoms with van der Waals surface area (Å²) in [6, 6.07) is 19.5. The summed E-state index contributed by atoms with van der Waals surface area (Å²) in [4.78, 5) is 29.8. The maximum atomic E-state index is 4.83. The van der Waals surface area contributed by atoms with Gasteiger partial charge in [0, 0.05) is 92.5 Å². The molecule has 13 rings (SSSR count). The molecular formula is C55H70N12O6S5. The number of H-pyrrole nitrogens is 2. The van der Waals surface area contributed by atoms with Crippen LogP contribution in [-0.4, -0.2) is 59.8 Å². The number of aromatic nitrogens is 12. The van der Waals surface area contributed by atoms with Crippen molar-refractivity contribution < 1.29 is 26.7 Å². The summed E-state index contributed by atoms with van der Waals surface area (Å²) in [7, 11) is 0. The number of oxazole rings is 3. The summed E-state index contributed by atoms with van der Waals surface area (Å²) in [5.41, 5.74) is 8.94. The fraction of sp³-hybridized carbons (Fsp3) is 0.236. The van der Waals surface area contributed by atoms with Gasteiger partial charge in [-0.15, -0.1) is 45.3 Å². The van der Waals surface area contributed by atoms with Crippen LogP contribution in [0.5, 0.6) is 0 Å². The first-order valence-corrected chi connectivity index (χ1v) is 27.8. The van der Waals surface area contributed by atoms with Crippen molar-refractivity contribution in [3.63, 3.8) is 0 Å². The zero-order valence-corrected chi connectivity index (χ0v) is 50.3. The van der Waals surface area contributed by atoms with Crippen LogP contribution < -0.4 is 0 Å². The van der Waals surface area contributed by atoms with Gasteiger partial charge in [0.2, 0.25) is 0 Å². The number of aryl methyl sites for hydroxylation is 13. The molecule has 0 radical (unpaired) electrons. The van der Waals surface area contributed by atoms with Gasteiger partial charge in [0.15, 0.2) is 18.7 Å². The molecular weight excluding hydrogens is 1090 g/mol. The fourth-order valence-corrected chi connectivity index (χ4v) is 6.33. The first kappa shape index (κ1) is 68.1. The lowest BCUT2D eigenvalue weighted by molar-refractivity contribution is 0.397. The maximum Gasteiger partial charge on any atom is 0.190 e. The molecule has 0 bridgehead atoms. The van der Waals surface area contributed by atoms with E-state index in [2.05, 4.69) is 97.7 Å². The Labute approximate surface area is 477 Å². The minimum Gasteiger partial charge on any atom is -0.470 e. The molecule has 18 nitrogen and oxygen atoms in total. The molecule has 78 heavy (non-hydrogen) atoms. The molecule has 0 saturated carbocycles. The zero-order chi connectivity index (χ0) is 57.3. The van der Waals surface area contributed by atoms with Gasteiger partial charge in [-0.1, -0.05) is 16.4 Å². The second-order valence-electron chi connectivity index (χ2n) is 15.0. The zero-order valence-electron chi connectivity index (χ0n) is 46.2. The standard InChI is InChI=1S/C5H7N.C5H6O.C5H6S.C4H6N2.5C4H5NO.4C4H5NS/c3*1-5-3-2-4-6-5;1-4-2-3-5-6-4;1-4-2-6-3-5-4;1-4-2-5-3-6-4;1-4-5-2-3-6-4;1-4-2-3-6-5-4;1-4-2-3-5-6-4;1-4-2-6-3-5-4;1-4-2-5-3-6-4;1-4-5-2-3-6-4;1-4-2-3-5-6-4/h2-4,6H,1H3;2*2-4H,1H3;2-3H,1H3,(H,5,6);9*2-3H,1H3. The number of aromatic amines is 2. The molecule has 0 aliphatic rings. The van der Waals surface area contributed by atoms with E-state index in [9.17, 15) is 0 Å². The molecule has 0 atom stereocenters.